The van der Waals surface area contributed by atoms with E-state index in [0.717, 1.165) is 36.8 Å². The molecule has 0 bridgehead atoms. The third-order valence-corrected chi connectivity index (χ3v) is 3.82. The summed E-state index contributed by atoms with van der Waals surface area (Å²) in [6.45, 7) is 6.25. The van der Waals surface area contributed by atoms with E-state index in [1.165, 1.54) is 11.1 Å². The van der Waals surface area contributed by atoms with Crippen LogP contribution in [-0.2, 0) is 13.0 Å². The molecule has 0 fully saturated rings. The molecule has 0 radical (unpaired) electrons. The van der Waals surface area contributed by atoms with Crippen molar-refractivity contribution in [2.75, 3.05) is 20.2 Å². The van der Waals surface area contributed by atoms with Gasteiger partial charge < -0.3 is 20.5 Å². The average molecular weight is 469 g/mol. The van der Waals surface area contributed by atoms with Crippen LogP contribution in [0.2, 0.25) is 0 Å². The molecule has 2 rings (SSSR count). The van der Waals surface area contributed by atoms with Crippen molar-refractivity contribution in [1.29, 1.82) is 0 Å². The summed E-state index contributed by atoms with van der Waals surface area (Å²) in [5, 5.41) is 15.9. The van der Waals surface area contributed by atoms with Crippen molar-refractivity contribution in [3.05, 3.63) is 59.2 Å². The highest BCUT2D eigenvalue weighted by Crippen LogP contribution is 2.19. The Hall–Kier alpha value is -1.96. The van der Waals surface area contributed by atoms with Crippen molar-refractivity contribution in [1.82, 2.24) is 10.6 Å². The maximum Gasteiger partial charge on any atom is 0.191 e. The predicted octanol–water partition coefficient (Wildman–Crippen LogP) is 3.63. The second-order valence-corrected chi connectivity index (χ2v) is 5.85. The number of nitrogens with one attached hydrogen (secondary N) is 2. The van der Waals surface area contributed by atoms with E-state index in [-0.39, 0.29) is 29.7 Å². The van der Waals surface area contributed by atoms with Crippen LogP contribution in [0.4, 0.5) is 0 Å². The molecule has 0 aliphatic heterocycles. The number of hydrogen-bond donors (Lipinski definition) is 3. The van der Waals surface area contributed by atoms with Crippen molar-refractivity contribution >= 4 is 29.9 Å². The van der Waals surface area contributed by atoms with E-state index in [1.807, 2.05) is 25.1 Å². The Morgan fingerprint density at radius 2 is 1.85 bits per heavy atom. The maximum atomic E-state index is 9.33. The summed E-state index contributed by atoms with van der Waals surface area (Å²) < 4.78 is 5.43. The number of nitrogens with zero attached hydrogens (tertiary/aromatic N) is 1. The molecular weight excluding hydrogens is 441 g/mol. The Bertz CT molecular complexity index is 703. The number of rotatable bonds is 7. The summed E-state index contributed by atoms with van der Waals surface area (Å²) in [6.07, 6.45) is 0.856. The van der Waals surface area contributed by atoms with Crippen molar-refractivity contribution < 1.29 is 9.84 Å². The molecule has 0 saturated carbocycles. The lowest BCUT2D eigenvalue weighted by Gasteiger charge is -2.13. The van der Waals surface area contributed by atoms with Gasteiger partial charge in [-0.25, -0.2) is 4.99 Å². The quantitative estimate of drug-likeness (QED) is 0.329. The summed E-state index contributed by atoms with van der Waals surface area (Å²) in [7, 11) is 1.70. The first-order valence-corrected chi connectivity index (χ1v) is 8.56. The van der Waals surface area contributed by atoms with Gasteiger partial charge in [0.25, 0.3) is 0 Å². The molecule has 26 heavy (non-hydrogen) atoms. The van der Waals surface area contributed by atoms with Crippen LogP contribution in [0.15, 0.2) is 47.5 Å². The third kappa shape index (κ3) is 7.11. The van der Waals surface area contributed by atoms with Gasteiger partial charge in [0.05, 0.1) is 13.7 Å². The molecule has 0 aliphatic carbocycles. The van der Waals surface area contributed by atoms with Crippen LogP contribution in [0.5, 0.6) is 11.5 Å². The molecule has 2 aromatic rings. The molecule has 0 unspecified atom stereocenters. The lowest BCUT2D eigenvalue weighted by Crippen LogP contribution is -2.38. The topological polar surface area (TPSA) is 65.9 Å². The van der Waals surface area contributed by atoms with Gasteiger partial charge in [-0.05, 0) is 49.6 Å². The fraction of sp³-hybridized carbons (Fsp3) is 0.350. The summed E-state index contributed by atoms with van der Waals surface area (Å²) in [5.74, 6) is 1.96. The standard InChI is InChI=1S/C20H27N3O2.HI/c1-4-21-20(23-14-16-6-8-18(24)9-7-16)22-12-11-17-13-15(2)5-10-19(17)25-3;/h5-10,13,24H,4,11-12,14H2,1-3H3,(H2,21,22,23);1H. The van der Waals surface area contributed by atoms with Gasteiger partial charge in [-0.15, -0.1) is 24.0 Å². The summed E-state index contributed by atoms with van der Waals surface area (Å²) in [5.41, 5.74) is 3.46. The van der Waals surface area contributed by atoms with Gasteiger partial charge in [-0.2, -0.15) is 0 Å². The molecule has 0 aromatic heterocycles. The normalized spacial score (nSPS) is 10.8. The number of phenolic OH excluding ortho intramolecular Hbond substituents is 1. The first-order chi connectivity index (χ1) is 12.1. The minimum absolute atomic E-state index is 0. The zero-order chi connectivity index (χ0) is 18.1. The van der Waals surface area contributed by atoms with Crippen LogP contribution >= 0.6 is 24.0 Å². The first kappa shape index (κ1) is 22.1. The van der Waals surface area contributed by atoms with Crippen molar-refractivity contribution in [2.24, 2.45) is 4.99 Å². The number of guanidine groups is 1. The number of aryl methyl sites for hydroxylation is 1. The Morgan fingerprint density at radius 3 is 2.50 bits per heavy atom. The molecule has 0 saturated heterocycles. The summed E-state index contributed by atoms with van der Waals surface area (Å²) >= 11 is 0. The highest BCUT2D eigenvalue weighted by atomic mass is 127. The van der Waals surface area contributed by atoms with Gasteiger partial charge in [-0.1, -0.05) is 29.8 Å². The molecule has 5 nitrogen and oxygen atoms in total. The molecule has 0 aliphatic rings. The number of aliphatic imine (C=N–C) groups is 1. The van der Waals surface area contributed by atoms with Gasteiger partial charge in [0, 0.05) is 13.1 Å². The monoisotopic (exact) mass is 469 g/mol. The van der Waals surface area contributed by atoms with Crippen molar-refractivity contribution in [3.8, 4) is 11.5 Å². The molecular formula is C20H28IN3O2. The number of benzene rings is 2. The minimum Gasteiger partial charge on any atom is -0.508 e. The molecule has 0 atom stereocenters. The van der Waals surface area contributed by atoms with Crippen LogP contribution in [-0.4, -0.2) is 31.3 Å². The minimum atomic E-state index is 0. The Morgan fingerprint density at radius 1 is 1.12 bits per heavy atom. The zero-order valence-corrected chi connectivity index (χ0v) is 17.9. The average Bonchev–Trinajstić information content (AvgIpc) is 2.61. The molecule has 0 amide bonds. The molecule has 3 N–H and O–H groups in total. The molecule has 142 valence electrons. The van der Waals surface area contributed by atoms with E-state index in [2.05, 4.69) is 34.7 Å². The number of ether oxygens (including phenoxy) is 1. The second-order valence-electron chi connectivity index (χ2n) is 5.85. The van der Waals surface area contributed by atoms with Crippen LogP contribution in [0.1, 0.15) is 23.6 Å². The molecule has 6 heteroatoms. The van der Waals surface area contributed by atoms with Gasteiger partial charge in [0.15, 0.2) is 5.96 Å². The first-order valence-electron chi connectivity index (χ1n) is 8.56. The SMILES string of the molecule is CCNC(=NCc1ccc(O)cc1)NCCc1cc(C)ccc1OC.I. The van der Waals surface area contributed by atoms with E-state index >= 15 is 0 Å². The number of halogens is 1. The van der Waals surface area contributed by atoms with Crippen molar-refractivity contribution in [3.63, 3.8) is 0 Å². The van der Waals surface area contributed by atoms with E-state index in [0.29, 0.717) is 6.54 Å². The summed E-state index contributed by atoms with van der Waals surface area (Å²) in [6, 6.07) is 13.3. The van der Waals surface area contributed by atoms with Gasteiger partial charge in [0.1, 0.15) is 11.5 Å². The number of methoxy groups -OCH3 is 1. The predicted molar refractivity (Wildman–Crippen MR) is 118 cm³/mol. The number of phenols is 1. The largest absolute Gasteiger partial charge is 0.508 e. The third-order valence-electron chi connectivity index (χ3n) is 3.82. The lowest BCUT2D eigenvalue weighted by atomic mass is 10.1. The van der Waals surface area contributed by atoms with Crippen LogP contribution in [0.3, 0.4) is 0 Å². The molecule has 2 aromatic carbocycles. The number of aromatic hydroxyl groups is 1. The van der Waals surface area contributed by atoms with E-state index in [4.69, 9.17) is 4.74 Å². The highest BCUT2D eigenvalue weighted by Gasteiger charge is 2.04. The maximum absolute atomic E-state index is 9.33. The van der Waals surface area contributed by atoms with Gasteiger partial charge >= 0.3 is 0 Å². The highest BCUT2D eigenvalue weighted by molar-refractivity contribution is 14.0. The van der Waals surface area contributed by atoms with Crippen LogP contribution in [0, 0.1) is 6.92 Å². The van der Waals surface area contributed by atoms with Crippen molar-refractivity contribution in [2.45, 2.75) is 26.8 Å². The molecule has 0 heterocycles. The molecule has 0 spiro atoms. The lowest BCUT2D eigenvalue weighted by molar-refractivity contribution is 0.409. The summed E-state index contributed by atoms with van der Waals surface area (Å²) in [4.78, 5) is 4.59. The fourth-order valence-corrected chi connectivity index (χ4v) is 2.53. The van der Waals surface area contributed by atoms with Crippen LogP contribution < -0.4 is 15.4 Å². The van der Waals surface area contributed by atoms with E-state index < -0.39 is 0 Å². The number of hydrogen-bond acceptors (Lipinski definition) is 3. The van der Waals surface area contributed by atoms with Gasteiger partial charge in [0.2, 0.25) is 0 Å². The van der Waals surface area contributed by atoms with E-state index in [9.17, 15) is 5.11 Å². The fourth-order valence-electron chi connectivity index (χ4n) is 2.53. The van der Waals surface area contributed by atoms with E-state index in [1.54, 1.807) is 19.2 Å². The zero-order valence-electron chi connectivity index (χ0n) is 15.6. The van der Waals surface area contributed by atoms with Crippen LogP contribution in [0.25, 0.3) is 0 Å². The van der Waals surface area contributed by atoms with Gasteiger partial charge in [-0.3, -0.25) is 0 Å². The Labute approximate surface area is 172 Å². The second kappa shape index (κ2) is 11.6. The smallest absolute Gasteiger partial charge is 0.191 e. The Kier molecular flexibility index (Phi) is 9.87. The Balaban J connectivity index is 0.00000338.